The van der Waals surface area contributed by atoms with Gasteiger partial charge in [0.05, 0.1) is 23.2 Å². The summed E-state index contributed by atoms with van der Waals surface area (Å²) in [5.41, 5.74) is 4.88. The Balaban J connectivity index is 2.01. The maximum atomic E-state index is 12.6. The molecule has 0 bridgehead atoms. The normalized spacial score (nSPS) is 11.7. The number of carbonyl (C=O) groups excluding carboxylic acids is 1. The topological polar surface area (TPSA) is 114 Å². The number of nitrogens with zero attached hydrogens (tertiary/aromatic N) is 2. The van der Waals surface area contributed by atoms with Crippen molar-refractivity contribution in [1.29, 1.82) is 0 Å². The Morgan fingerprint density at radius 3 is 2.19 bits per heavy atom. The van der Waals surface area contributed by atoms with E-state index < -0.39 is 15.3 Å². The van der Waals surface area contributed by atoms with Crippen LogP contribution in [-0.4, -0.2) is 50.3 Å². The van der Waals surface area contributed by atoms with Gasteiger partial charge >= 0.3 is 0 Å². The van der Waals surface area contributed by atoms with E-state index in [0.717, 1.165) is 16.7 Å². The molecule has 0 atom stereocenters. The van der Waals surface area contributed by atoms with Crippen LogP contribution in [0, 0.1) is 27.7 Å². The number of amides is 1. The van der Waals surface area contributed by atoms with Crippen molar-refractivity contribution in [2.75, 3.05) is 30.7 Å². The van der Waals surface area contributed by atoms with Crippen LogP contribution in [0.5, 0.6) is 11.5 Å². The van der Waals surface area contributed by atoms with E-state index in [2.05, 4.69) is 15.2 Å². The highest BCUT2D eigenvalue weighted by molar-refractivity contribution is 7.93. The van der Waals surface area contributed by atoms with E-state index in [1.165, 1.54) is 0 Å². The summed E-state index contributed by atoms with van der Waals surface area (Å²) in [5.74, 6) is 1.58. The van der Waals surface area contributed by atoms with Gasteiger partial charge in [-0.1, -0.05) is 5.16 Å². The largest absolute Gasteiger partial charge is 0.457 e. The van der Waals surface area contributed by atoms with Gasteiger partial charge in [-0.05, 0) is 96.6 Å². The van der Waals surface area contributed by atoms with Crippen molar-refractivity contribution in [1.82, 2.24) is 10.1 Å². The van der Waals surface area contributed by atoms with Gasteiger partial charge in [0.25, 0.3) is 0 Å². The van der Waals surface area contributed by atoms with Crippen LogP contribution in [-0.2, 0) is 14.8 Å². The smallest absolute Gasteiger partial charge is 0.238 e. The molecular formula is C26H34N4O5S. The molecule has 0 saturated carbocycles. The molecule has 9 nitrogen and oxygen atoms in total. The maximum Gasteiger partial charge on any atom is 0.238 e. The number of benzene rings is 2. The van der Waals surface area contributed by atoms with Gasteiger partial charge in [0.2, 0.25) is 15.9 Å². The van der Waals surface area contributed by atoms with E-state index in [9.17, 15) is 13.2 Å². The Morgan fingerprint density at radius 1 is 1.03 bits per heavy atom. The van der Waals surface area contributed by atoms with Crippen LogP contribution in [0.3, 0.4) is 0 Å². The quantitative estimate of drug-likeness (QED) is 0.412. The average molecular weight is 515 g/mol. The van der Waals surface area contributed by atoms with E-state index >= 15 is 0 Å². The van der Waals surface area contributed by atoms with Crippen LogP contribution in [0.4, 0.5) is 11.4 Å². The van der Waals surface area contributed by atoms with Gasteiger partial charge in [-0.3, -0.25) is 9.52 Å². The van der Waals surface area contributed by atoms with Gasteiger partial charge in [0, 0.05) is 17.3 Å². The number of anilines is 2. The van der Waals surface area contributed by atoms with Crippen molar-refractivity contribution in [3.05, 3.63) is 52.9 Å². The summed E-state index contributed by atoms with van der Waals surface area (Å²) in [4.78, 5) is 14.0. The van der Waals surface area contributed by atoms with E-state index in [1.807, 2.05) is 53.1 Å². The van der Waals surface area contributed by atoms with Gasteiger partial charge in [0.1, 0.15) is 17.3 Å². The van der Waals surface area contributed by atoms with Gasteiger partial charge < -0.3 is 19.5 Å². The third-order valence-electron chi connectivity index (χ3n) is 5.53. The van der Waals surface area contributed by atoms with Crippen LogP contribution in [0.2, 0.25) is 0 Å². The molecule has 0 aliphatic carbocycles. The second kappa shape index (κ2) is 10.7. The number of aryl methyl sites for hydroxylation is 4. The zero-order valence-corrected chi connectivity index (χ0v) is 22.8. The molecule has 0 spiro atoms. The molecule has 3 rings (SSSR count). The predicted octanol–water partition coefficient (Wildman–Crippen LogP) is 5.02. The fourth-order valence-electron chi connectivity index (χ4n) is 3.83. The molecule has 0 fully saturated rings. The van der Waals surface area contributed by atoms with Gasteiger partial charge in [-0.15, -0.1) is 0 Å². The SMILES string of the molecule is Cc1cc(NC(=O)CN(C)C)cc(C)c1Oc1cc(NS(=O)(=O)C(C)C)cc(-c2c(C)noc2C)c1. The lowest BCUT2D eigenvalue weighted by molar-refractivity contribution is -0.116. The van der Waals surface area contributed by atoms with Crippen molar-refractivity contribution in [2.24, 2.45) is 0 Å². The Hall–Kier alpha value is -3.37. The van der Waals surface area contributed by atoms with Crippen LogP contribution in [0.1, 0.15) is 36.4 Å². The molecule has 0 radical (unpaired) electrons. The number of rotatable bonds is 9. The number of hydrogen-bond donors (Lipinski definition) is 2. The van der Waals surface area contributed by atoms with E-state index in [-0.39, 0.29) is 12.5 Å². The minimum absolute atomic E-state index is 0.110. The predicted molar refractivity (Wildman–Crippen MR) is 142 cm³/mol. The Morgan fingerprint density at radius 2 is 1.67 bits per heavy atom. The summed E-state index contributed by atoms with van der Waals surface area (Å²) < 4.78 is 39.4. The minimum Gasteiger partial charge on any atom is -0.457 e. The number of ether oxygens (including phenoxy) is 1. The number of likely N-dealkylation sites (N-methyl/N-ethyl adjacent to an activating group) is 1. The Labute approximate surface area is 212 Å². The molecule has 1 amide bonds. The fraction of sp³-hybridized carbons (Fsp3) is 0.385. The molecule has 0 aliphatic heterocycles. The molecule has 2 N–H and O–H groups in total. The maximum absolute atomic E-state index is 12.6. The molecular weight excluding hydrogens is 480 g/mol. The first kappa shape index (κ1) is 27.2. The molecule has 0 aliphatic rings. The Kier molecular flexibility index (Phi) is 8.10. The second-order valence-corrected chi connectivity index (χ2v) is 11.7. The number of sulfonamides is 1. The summed E-state index contributed by atoms with van der Waals surface area (Å²) in [6.07, 6.45) is 0. The second-order valence-electron chi connectivity index (χ2n) is 9.47. The van der Waals surface area contributed by atoms with Crippen LogP contribution in [0.25, 0.3) is 11.1 Å². The molecule has 36 heavy (non-hydrogen) atoms. The first-order valence-electron chi connectivity index (χ1n) is 11.6. The number of aromatic nitrogens is 1. The molecule has 0 saturated heterocycles. The highest BCUT2D eigenvalue weighted by Crippen LogP contribution is 2.37. The van der Waals surface area contributed by atoms with Crippen molar-refractivity contribution in [3.8, 4) is 22.6 Å². The minimum atomic E-state index is -3.58. The molecule has 1 aromatic heterocycles. The molecule has 3 aromatic rings. The third kappa shape index (κ3) is 6.44. The first-order chi connectivity index (χ1) is 16.8. The average Bonchev–Trinajstić information content (AvgIpc) is 3.07. The highest BCUT2D eigenvalue weighted by atomic mass is 32.2. The monoisotopic (exact) mass is 514 g/mol. The molecule has 194 valence electrons. The third-order valence-corrected chi connectivity index (χ3v) is 7.29. The number of hydrogen-bond acceptors (Lipinski definition) is 7. The molecule has 2 aromatic carbocycles. The number of nitrogens with one attached hydrogen (secondary N) is 2. The lowest BCUT2D eigenvalue weighted by Crippen LogP contribution is -2.27. The van der Waals surface area contributed by atoms with Crippen LogP contribution >= 0.6 is 0 Å². The molecule has 1 heterocycles. The zero-order chi connectivity index (χ0) is 26.8. The van der Waals surface area contributed by atoms with Crippen LogP contribution in [0.15, 0.2) is 34.9 Å². The highest BCUT2D eigenvalue weighted by Gasteiger charge is 2.20. The number of carbonyl (C=O) groups is 1. The molecule has 0 unspecified atom stereocenters. The van der Waals surface area contributed by atoms with Crippen molar-refractivity contribution >= 4 is 27.3 Å². The fourth-order valence-corrected chi connectivity index (χ4v) is 4.51. The van der Waals surface area contributed by atoms with Crippen molar-refractivity contribution < 1.29 is 22.5 Å². The van der Waals surface area contributed by atoms with Gasteiger partial charge in [0.15, 0.2) is 0 Å². The summed E-state index contributed by atoms with van der Waals surface area (Å²) in [7, 11) is 0.0880. The van der Waals surface area contributed by atoms with Crippen molar-refractivity contribution in [3.63, 3.8) is 0 Å². The van der Waals surface area contributed by atoms with Crippen LogP contribution < -0.4 is 14.8 Å². The molecule has 10 heteroatoms. The van der Waals surface area contributed by atoms with E-state index in [1.54, 1.807) is 37.8 Å². The summed E-state index contributed by atoms with van der Waals surface area (Å²) >= 11 is 0. The van der Waals surface area contributed by atoms with Gasteiger partial charge in [-0.25, -0.2) is 8.42 Å². The standard InChI is InChI=1S/C26H34N4O5S/c1-15(2)36(32,33)29-22-11-20(25-18(5)28-35-19(25)6)12-23(13-22)34-26-16(3)9-21(10-17(26)4)27-24(31)14-30(7)8/h9-13,15,29H,14H2,1-8H3,(H,27,31). The van der Waals surface area contributed by atoms with Gasteiger partial charge in [-0.2, -0.15) is 0 Å². The van der Waals surface area contributed by atoms with Crippen molar-refractivity contribution in [2.45, 2.75) is 46.8 Å². The zero-order valence-electron chi connectivity index (χ0n) is 22.0. The Bertz CT molecular complexity index is 1330. The lowest BCUT2D eigenvalue weighted by atomic mass is 10.0. The summed E-state index contributed by atoms with van der Waals surface area (Å²) in [6, 6.07) is 8.90. The van der Waals surface area contributed by atoms with E-state index in [4.69, 9.17) is 9.26 Å². The lowest BCUT2D eigenvalue weighted by Gasteiger charge is -2.17. The van der Waals surface area contributed by atoms with E-state index in [0.29, 0.717) is 39.9 Å². The first-order valence-corrected chi connectivity index (χ1v) is 13.1. The summed E-state index contributed by atoms with van der Waals surface area (Å²) in [6.45, 7) is 10.9. The summed E-state index contributed by atoms with van der Waals surface area (Å²) in [5, 5.41) is 6.32.